The van der Waals surface area contributed by atoms with E-state index in [1.165, 1.54) is 4.31 Å². The summed E-state index contributed by atoms with van der Waals surface area (Å²) < 4.78 is 25.5. The second-order valence-corrected chi connectivity index (χ2v) is 6.67. The first kappa shape index (κ1) is 15.8. The van der Waals surface area contributed by atoms with Gasteiger partial charge < -0.3 is 0 Å². The third kappa shape index (κ3) is 5.14. The summed E-state index contributed by atoms with van der Waals surface area (Å²) in [5.74, 6) is 0.647. The Labute approximate surface area is 119 Å². The van der Waals surface area contributed by atoms with E-state index in [0.29, 0.717) is 19.5 Å². The average Bonchev–Trinajstić information content (AvgIpc) is 2.37. The number of alkyl halides is 2. The maximum Gasteiger partial charge on any atom is 0.214 e. The summed E-state index contributed by atoms with van der Waals surface area (Å²) in [4.78, 5) is 0. The zero-order valence-corrected chi connectivity index (χ0v) is 12.4. The molecule has 102 valence electrons. The molecule has 0 heterocycles. The summed E-state index contributed by atoms with van der Waals surface area (Å²) >= 11 is 11.2. The van der Waals surface area contributed by atoms with Crippen molar-refractivity contribution in [2.45, 2.75) is 6.42 Å². The number of halogens is 2. The first-order valence-corrected chi connectivity index (χ1v) is 8.41. The van der Waals surface area contributed by atoms with Gasteiger partial charge in [-0.05, 0) is 12.0 Å². The maximum absolute atomic E-state index is 12.1. The number of aryl methyl sites for hydroxylation is 1. The van der Waals surface area contributed by atoms with E-state index in [9.17, 15) is 8.42 Å². The standard InChI is InChI=1S/C12H17Cl2NO2S/c13-7-9-15(10-8-14)18(16,17)11-6-12-4-2-1-3-5-12/h1-5H,6-11H2. The highest BCUT2D eigenvalue weighted by Crippen LogP contribution is 2.07. The summed E-state index contributed by atoms with van der Waals surface area (Å²) in [6, 6.07) is 9.55. The lowest BCUT2D eigenvalue weighted by molar-refractivity contribution is 0.448. The number of benzene rings is 1. The summed E-state index contributed by atoms with van der Waals surface area (Å²) in [7, 11) is -3.28. The second kappa shape index (κ2) is 8.00. The molecule has 0 aromatic heterocycles. The molecule has 0 spiro atoms. The van der Waals surface area contributed by atoms with Crippen LogP contribution in [-0.4, -0.2) is 43.3 Å². The highest BCUT2D eigenvalue weighted by atomic mass is 35.5. The van der Waals surface area contributed by atoms with E-state index in [0.717, 1.165) is 5.56 Å². The quantitative estimate of drug-likeness (QED) is 0.691. The highest BCUT2D eigenvalue weighted by Gasteiger charge is 2.20. The largest absolute Gasteiger partial charge is 0.214 e. The molecule has 1 aromatic carbocycles. The fraction of sp³-hybridized carbons (Fsp3) is 0.500. The molecule has 0 radical (unpaired) electrons. The summed E-state index contributed by atoms with van der Waals surface area (Å²) in [6.07, 6.45) is 0.504. The summed E-state index contributed by atoms with van der Waals surface area (Å²) in [5.41, 5.74) is 1.01. The van der Waals surface area contributed by atoms with Gasteiger partial charge in [0.2, 0.25) is 10.0 Å². The van der Waals surface area contributed by atoms with Gasteiger partial charge in [-0.2, -0.15) is 4.31 Å². The Bertz CT molecular complexity index is 431. The minimum Gasteiger partial charge on any atom is -0.212 e. The number of rotatable bonds is 8. The van der Waals surface area contributed by atoms with E-state index in [1.54, 1.807) is 0 Å². The molecule has 18 heavy (non-hydrogen) atoms. The Balaban J connectivity index is 2.62. The molecule has 0 fully saturated rings. The van der Waals surface area contributed by atoms with Crippen LogP contribution in [0.4, 0.5) is 0 Å². The molecule has 0 unspecified atom stereocenters. The molecular weight excluding hydrogens is 293 g/mol. The van der Waals surface area contributed by atoms with Crippen LogP contribution < -0.4 is 0 Å². The monoisotopic (exact) mass is 309 g/mol. The number of sulfonamides is 1. The molecule has 0 saturated carbocycles. The predicted octanol–water partition coefficient (Wildman–Crippen LogP) is 2.34. The smallest absolute Gasteiger partial charge is 0.212 e. The highest BCUT2D eigenvalue weighted by molar-refractivity contribution is 7.89. The number of hydrogen-bond donors (Lipinski definition) is 0. The molecule has 3 nitrogen and oxygen atoms in total. The van der Waals surface area contributed by atoms with Crippen molar-refractivity contribution in [2.75, 3.05) is 30.6 Å². The van der Waals surface area contributed by atoms with Crippen molar-refractivity contribution in [1.82, 2.24) is 4.31 Å². The first-order chi connectivity index (χ1) is 8.60. The van der Waals surface area contributed by atoms with Gasteiger partial charge in [-0.1, -0.05) is 30.3 Å². The van der Waals surface area contributed by atoms with Crippen LogP contribution >= 0.6 is 23.2 Å². The van der Waals surface area contributed by atoms with Gasteiger partial charge >= 0.3 is 0 Å². The lowest BCUT2D eigenvalue weighted by Crippen LogP contribution is -2.36. The van der Waals surface area contributed by atoms with E-state index in [1.807, 2.05) is 30.3 Å². The molecule has 0 bridgehead atoms. The SMILES string of the molecule is O=S(=O)(CCc1ccccc1)N(CCCl)CCCl. The molecule has 0 amide bonds. The zero-order chi connectivity index (χ0) is 13.4. The van der Waals surface area contributed by atoms with Gasteiger partial charge in [-0.3, -0.25) is 0 Å². The molecule has 1 rings (SSSR count). The lowest BCUT2D eigenvalue weighted by atomic mass is 10.2. The maximum atomic E-state index is 12.1. The zero-order valence-electron chi connectivity index (χ0n) is 10.1. The van der Waals surface area contributed by atoms with Gasteiger partial charge in [0.25, 0.3) is 0 Å². The molecule has 1 aromatic rings. The van der Waals surface area contributed by atoms with Crippen molar-refractivity contribution < 1.29 is 8.42 Å². The van der Waals surface area contributed by atoms with Crippen molar-refractivity contribution in [2.24, 2.45) is 0 Å². The molecule has 0 N–H and O–H groups in total. The van der Waals surface area contributed by atoms with Gasteiger partial charge in [0.1, 0.15) is 0 Å². The van der Waals surface area contributed by atoms with Gasteiger partial charge in [0, 0.05) is 24.8 Å². The summed E-state index contributed by atoms with van der Waals surface area (Å²) in [6.45, 7) is 0.622. The van der Waals surface area contributed by atoms with Crippen molar-refractivity contribution in [1.29, 1.82) is 0 Å². The van der Waals surface area contributed by atoms with Crippen molar-refractivity contribution >= 4 is 33.2 Å². The number of nitrogens with zero attached hydrogens (tertiary/aromatic N) is 1. The van der Waals surface area contributed by atoms with Crippen LogP contribution in [0, 0.1) is 0 Å². The topological polar surface area (TPSA) is 37.4 Å². The molecule has 0 aliphatic carbocycles. The van der Waals surface area contributed by atoms with Crippen LogP contribution in [0.2, 0.25) is 0 Å². The Kier molecular flexibility index (Phi) is 7.00. The van der Waals surface area contributed by atoms with E-state index >= 15 is 0 Å². The van der Waals surface area contributed by atoms with E-state index in [2.05, 4.69) is 0 Å². The molecular formula is C12H17Cl2NO2S. The fourth-order valence-electron chi connectivity index (χ4n) is 1.60. The average molecular weight is 310 g/mol. The Morgan fingerprint density at radius 2 is 1.56 bits per heavy atom. The van der Waals surface area contributed by atoms with Crippen LogP contribution in [0.25, 0.3) is 0 Å². The van der Waals surface area contributed by atoms with E-state index < -0.39 is 10.0 Å². The third-order valence-corrected chi connectivity index (χ3v) is 4.76. The normalized spacial score (nSPS) is 11.9. The molecule has 6 heteroatoms. The molecule has 0 saturated heterocycles. The van der Waals surface area contributed by atoms with Crippen LogP contribution in [0.5, 0.6) is 0 Å². The second-order valence-electron chi connectivity index (χ2n) is 3.83. The summed E-state index contributed by atoms with van der Waals surface area (Å²) in [5, 5.41) is 0. The minimum absolute atomic E-state index is 0.0881. The molecule has 0 aliphatic rings. The van der Waals surface area contributed by atoms with Gasteiger partial charge in [0.15, 0.2) is 0 Å². The minimum atomic E-state index is -3.28. The third-order valence-electron chi connectivity index (χ3n) is 2.55. The van der Waals surface area contributed by atoms with Gasteiger partial charge in [-0.15, -0.1) is 23.2 Å². The van der Waals surface area contributed by atoms with E-state index in [-0.39, 0.29) is 17.5 Å². The van der Waals surface area contributed by atoms with Crippen molar-refractivity contribution in [3.05, 3.63) is 35.9 Å². The first-order valence-electron chi connectivity index (χ1n) is 5.74. The Hall–Kier alpha value is -0.290. The van der Waals surface area contributed by atoms with Crippen LogP contribution in [0.15, 0.2) is 30.3 Å². The lowest BCUT2D eigenvalue weighted by Gasteiger charge is -2.20. The Morgan fingerprint density at radius 1 is 1.00 bits per heavy atom. The predicted molar refractivity (Wildman–Crippen MR) is 76.9 cm³/mol. The Morgan fingerprint density at radius 3 is 2.06 bits per heavy atom. The molecule has 0 aliphatic heterocycles. The molecule has 0 atom stereocenters. The van der Waals surface area contributed by atoms with Gasteiger partial charge in [-0.25, -0.2) is 8.42 Å². The van der Waals surface area contributed by atoms with Crippen molar-refractivity contribution in [3.8, 4) is 0 Å². The van der Waals surface area contributed by atoms with Gasteiger partial charge in [0.05, 0.1) is 5.75 Å². The van der Waals surface area contributed by atoms with Crippen LogP contribution in [-0.2, 0) is 16.4 Å². The van der Waals surface area contributed by atoms with E-state index in [4.69, 9.17) is 23.2 Å². The van der Waals surface area contributed by atoms with Crippen LogP contribution in [0.1, 0.15) is 5.56 Å². The van der Waals surface area contributed by atoms with Crippen molar-refractivity contribution in [3.63, 3.8) is 0 Å². The van der Waals surface area contributed by atoms with Crippen LogP contribution in [0.3, 0.4) is 0 Å². The number of hydrogen-bond acceptors (Lipinski definition) is 2. The fourth-order valence-corrected chi connectivity index (χ4v) is 3.70.